The summed E-state index contributed by atoms with van der Waals surface area (Å²) in [5, 5.41) is 2.35. The molecule has 0 aromatic rings. The highest BCUT2D eigenvalue weighted by atomic mass is 32.2. The Hall–Kier alpha value is -0.510. The molecule has 0 aromatic carbocycles. The number of hydrogen-bond donors (Lipinski definition) is 1. The Morgan fingerprint density at radius 3 is 2.90 bits per heavy atom. The Morgan fingerprint density at radius 1 is 1.80 bits per heavy atom. The summed E-state index contributed by atoms with van der Waals surface area (Å²) in [5.41, 5.74) is 0. The van der Waals surface area contributed by atoms with E-state index in [4.69, 9.17) is 0 Å². The standard InChI is InChI=1S/C6H10NO2S/c1-10-3-2-6(4-8)7-5-9/h5-6H,2-3H2,1H3,(H,7,9)/t6-/m0/s1. The van der Waals surface area contributed by atoms with E-state index in [0.29, 0.717) is 12.8 Å². The molecule has 0 aromatic heterocycles. The zero-order valence-electron chi connectivity index (χ0n) is 5.79. The highest BCUT2D eigenvalue weighted by Crippen LogP contribution is 1.97. The van der Waals surface area contributed by atoms with Crippen LogP contribution in [0.1, 0.15) is 6.42 Å². The lowest BCUT2D eigenvalue weighted by Gasteiger charge is -2.04. The molecule has 10 heavy (non-hydrogen) atoms. The predicted octanol–water partition coefficient (Wildman–Crippen LogP) is -0.0362. The van der Waals surface area contributed by atoms with Gasteiger partial charge in [0.15, 0.2) is 0 Å². The largest absolute Gasteiger partial charge is 0.348 e. The van der Waals surface area contributed by atoms with Crippen LogP contribution in [0.2, 0.25) is 0 Å². The van der Waals surface area contributed by atoms with Gasteiger partial charge in [-0.1, -0.05) is 0 Å². The summed E-state index contributed by atoms with van der Waals surface area (Å²) in [4.78, 5) is 19.9. The van der Waals surface area contributed by atoms with Crippen molar-refractivity contribution in [2.75, 3.05) is 12.0 Å². The van der Waals surface area contributed by atoms with Crippen molar-refractivity contribution in [2.24, 2.45) is 0 Å². The number of carbonyl (C=O) groups is 1. The summed E-state index contributed by atoms with van der Waals surface area (Å²) in [7, 11) is 0. The molecule has 0 rings (SSSR count). The maximum absolute atomic E-state index is 10.0. The van der Waals surface area contributed by atoms with Gasteiger partial charge in [0, 0.05) is 0 Å². The molecule has 4 heteroatoms. The molecule has 0 aliphatic heterocycles. The molecule has 0 saturated carbocycles. The molecule has 0 aliphatic rings. The highest BCUT2D eigenvalue weighted by molar-refractivity contribution is 7.98. The van der Waals surface area contributed by atoms with Gasteiger partial charge in [0.25, 0.3) is 0 Å². The second-order valence-corrected chi connectivity index (χ2v) is 2.72. The smallest absolute Gasteiger partial charge is 0.222 e. The number of hydrogen-bond acceptors (Lipinski definition) is 3. The van der Waals surface area contributed by atoms with Gasteiger partial charge < -0.3 is 5.32 Å². The number of amides is 1. The lowest BCUT2D eigenvalue weighted by molar-refractivity contribution is -0.109. The van der Waals surface area contributed by atoms with Crippen LogP contribution < -0.4 is 5.32 Å². The minimum atomic E-state index is -0.426. The first-order chi connectivity index (χ1) is 4.85. The van der Waals surface area contributed by atoms with Gasteiger partial charge in [-0.3, -0.25) is 9.59 Å². The van der Waals surface area contributed by atoms with Gasteiger partial charge in [0.2, 0.25) is 12.7 Å². The molecule has 0 fully saturated rings. The fourth-order valence-corrected chi connectivity index (χ4v) is 0.966. The minimum Gasteiger partial charge on any atom is -0.348 e. The van der Waals surface area contributed by atoms with Gasteiger partial charge in [-0.2, -0.15) is 11.8 Å². The molecule has 1 amide bonds. The summed E-state index contributed by atoms with van der Waals surface area (Å²) >= 11 is 1.64. The maximum atomic E-state index is 10.0. The first-order valence-electron chi connectivity index (χ1n) is 2.91. The second kappa shape index (κ2) is 6.61. The van der Waals surface area contributed by atoms with Gasteiger partial charge >= 0.3 is 0 Å². The van der Waals surface area contributed by atoms with Crippen LogP contribution in [0, 0.1) is 0 Å². The molecule has 3 nitrogen and oxygen atoms in total. The zero-order valence-corrected chi connectivity index (χ0v) is 6.61. The van der Waals surface area contributed by atoms with Crippen molar-refractivity contribution >= 4 is 24.5 Å². The van der Waals surface area contributed by atoms with Gasteiger partial charge in [-0.25, -0.2) is 0 Å². The monoisotopic (exact) mass is 160 g/mol. The summed E-state index contributed by atoms with van der Waals surface area (Å²) in [6.07, 6.45) is 4.86. The summed E-state index contributed by atoms with van der Waals surface area (Å²) in [5.74, 6) is 0.862. The summed E-state index contributed by atoms with van der Waals surface area (Å²) in [6, 6.07) is -0.426. The normalized spacial score (nSPS) is 12.1. The Morgan fingerprint density at radius 2 is 2.50 bits per heavy atom. The molecule has 0 unspecified atom stereocenters. The van der Waals surface area contributed by atoms with Crippen LogP contribution in [0.4, 0.5) is 0 Å². The fraction of sp³-hybridized carbons (Fsp3) is 0.667. The lowest BCUT2D eigenvalue weighted by Crippen LogP contribution is -2.29. The number of nitrogens with one attached hydrogen (secondary N) is 1. The van der Waals surface area contributed by atoms with Crippen molar-refractivity contribution in [3.63, 3.8) is 0 Å². The molecule has 1 atom stereocenters. The molecular weight excluding hydrogens is 150 g/mol. The zero-order chi connectivity index (χ0) is 7.82. The Balaban J connectivity index is 3.38. The van der Waals surface area contributed by atoms with Gasteiger partial charge in [-0.15, -0.1) is 0 Å². The molecule has 57 valence electrons. The van der Waals surface area contributed by atoms with E-state index in [0.717, 1.165) is 5.75 Å². The molecule has 0 spiro atoms. The van der Waals surface area contributed by atoms with Crippen LogP contribution in [-0.4, -0.2) is 30.7 Å². The van der Waals surface area contributed by atoms with E-state index in [1.165, 1.54) is 0 Å². The van der Waals surface area contributed by atoms with Gasteiger partial charge in [0.05, 0.1) is 6.04 Å². The van der Waals surface area contributed by atoms with E-state index in [1.54, 1.807) is 18.0 Å². The summed E-state index contributed by atoms with van der Waals surface area (Å²) < 4.78 is 0. The molecule has 1 N–H and O–H groups in total. The Kier molecular flexibility index (Phi) is 6.27. The quantitative estimate of drug-likeness (QED) is 0.555. The van der Waals surface area contributed by atoms with Gasteiger partial charge in [-0.05, 0) is 18.4 Å². The van der Waals surface area contributed by atoms with Crippen molar-refractivity contribution in [3.05, 3.63) is 0 Å². The van der Waals surface area contributed by atoms with Crippen LogP contribution in [0.15, 0.2) is 0 Å². The van der Waals surface area contributed by atoms with Crippen molar-refractivity contribution in [1.82, 2.24) is 5.32 Å². The van der Waals surface area contributed by atoms with Crippen LogP contribution in [0.5, 0.6) is 0 Å². The van der Waals surface area contributed by atoms with Gasteiger partial charge in [0.1, 0.15) is 0 Å². The third-order valence-corrected chi connectivity index (χ3v) is 1.67. The maximum Gasteiger partial charge on any atom is 0.222 e. The molecular formula is C6H10NO2S. The Bertz CT molecular complexity index is 108. The van der Waals surface area contributed by atoms with E-state index in [9.17, 15) is 9.59 Å². The van der Waals surface area contributed by atoms with E-state index in [2.05, 4.69) is 5.32 Å². The number of carbonyl (C=O) groups excluding carboxylic acids is 2. The van der Waals surface area contributed by atoms with E-state index in [-0.39, 0.29) is 0 Å². The number of thioether (sulfide) groups is 1. The average Bonchev–Trinajstić information content (AvgIpc) is 1.98. The van der Waals surface area contributed by atoms with Crippen molar-refractivity contribution in [1.29, 1.82) is 0 Å². The molecule has 1 radical (unpaired) electrons. The van der Waals surface area contributed by atoms with Crippen LogP contribution in [0.3, 0.4) is 0 Å². The molecule has 0 heterocycles. The topological polar surface area (TPSA) is 46.2 Å². The SMILES string of the molecule is CSCC[C@@H]([C]=O)NC=O. The fourth-order valence-electron chi connectivity index (χ4n) is 0.494. The van der Waals surface area contributed by atoms with Crippen molar-refractivity contribution < 1.29 is 9.59 Å². The first kappa shape index (κ1) is 9.49. The highest BCUT2D eigenvalue weighted by Gasteiger charge is 2.03. The molecule has 0 saturated heterocycles. The third kappa shape index (κ3) is 4.38. The third-order valence-electron chi connectivity index (χ3n) is 1.02. The molecule has 0 aliphatic carbocycles. The van der Waals surface area contributed by atoms with Crippen molar-refractivity contribution in [2.45, 2.75) is 12.5 Å². The van der Waals surface area contributed by atoms with Crippen LogP contribution in [0.25, 0.3) is 0 Å². The van der Waals surface area contributed by atoms with E-state index in [1.807, 2.05) is 6.26 Å². The Labute approximate surface area is 64.6 Å². The first-order valence-corrected chi connectivity index (χ1v) is 4.30. The number of rotatable bonds is 6. The van der Waals surface area contributed by atoms with E-state index < -0.39 is 6.04 Å². The molecule has 0 bridgehead atoms. The van der Waals surface area contributed by atoms with E-state index >= 15 is 0 Å². The average molecular weight is 160 g/mol. The van der Waals surface area contributed by atoms with Crippen LogP contribution in [-0.2, 0) is 9.59 Å². The minimum absolute atomic E-state index is 0.426. The lowest BCUT2D eigenvalue weighted by atomic mass is 10.3. The van der Waals surface area contributed by atoms with Crippen LogP contribution >= 0.6 is 11.8 Å². The predicted molar refractivity (Wildman–Crippen MR) is 41.7 cm³/mol. The second-order valence-electron chi connectivity index (χ2n) is 1.74. The summed E-state index contributed by atoms with van der Waals surface area (Å²) in [6.45, 7) is 0. The van der Waals surface area contributed by atoms with Crippen molar-refractivity contribution in [3.8, 4) is 0 Å².